The van der Waals surface area contributed by atoms with Gasteiger partial charge < -0.3 is 4.90 Å². The molecular formula is C16H20ClNO3S. The van der Waals surface area contributed by atoms with Crippen molar-refractivity contribution in [3.05, 3.63) is 34.9 Å². The second kappa shape index (κ2) is 5.85. The number of hydrogen-bond acceptors (Lipinski definition) is 3. The molecule has 3 rings (SSSR count). The summed E-state index contributed by atoms with van der Waals surface area (Å²) < 4.78 is 23.6. The minimum atomic E-state index is -3.03. The van der Waals surface area contributed by atoms with Crippen LogP contribution in [0.5, 0.6) is 0 Å². The van der Waals surface area contributed by atoms with Gasteiger partial charge in [0, 0.05) is 23.4 Å². The molecule has 6 heteroatoms. The number of piperidine rings is 1. The maximum absolute atomic E-state index is 12.7. The maximum atomic E-state index is 12.7. The summed E-state index contributed by atoms with van der Waals surface area (Å²) in [6.45, 7) is 0. The van der Waals surface area contributed by atoms with Crippen LogP contribution in [0.15, 0.2) is 24.3 Å². The molecule has 0 radical (unpaired) electrons. The van der Waals surface area contributed by atoms with Crippen LogP contribution in [0.25, 0.3) is 0 Å². The van der Waals surface area contributed by atoms with Gasteiger partial charge in [-0.3, -0.25) is 4.79 Å². The molecule has 0 N–H and O–H groups in total. The Balaban J connectivity index is 1.74. The van der Waals surface area contributed by atoms with Crippen LogP contribution in [-0.2, 0) is 21.1 Å². The van der Waals surface area contributed by atoms with Crippen molar-refractivity contribution >= 4 is 27.3 Å². The third kappa shape index (κ3) is 3.01. The molecule has 2 saturated heterocycles. The molecule has 1 aromatic carbocycles. The molecule has 0 aromatic heterocycles. The first-order chi connectivity index (χ1) is 10.4. The number of carbonyl (C=O) groups is 1. The summed E-state index contributed by atoms with van der Waals surface area (Å²) in [5, 5.41) is 0.309. The third-order valence-electron chi connectivity index (χ3n) is 4.88. The molecule has 2 unspecified atom stereocenters. The van der Waals surface area contributed by atoms with E-state index in [1.165, 1.54) is 6.26 Å². The zero-order valence-corrected chi connectivity index (χ0v) is 14.1. The second-order valence-electron chi connectivity index (χ2n) is 6.38. The summed E-state index contributed by atoms with van der Waals surface area (Å²) in [5.74, 6) is 0.0625. The number of hydrogen-bond donors (Lipinski definition) is 0. The van der Waals surface area contributed by atoms with E-state index in [1.807, 2.05) is 23.1 Å². The molecule has 2 heterocycles. The fourth-order valence-corrected chi connectivity index (χ4v) is 5.13. The number of halogens is 1. The topological polar surface area (TPSA) is 54.5 Å². The SMILES string of the molecule is CS(=O)(=O)C1CC2CCC(C1)N2C(=O)Cc1ccccc1Cl. The van der Waals surface area contributed by atoms with E-state index in [0.717, 1.165) is 18.4 Å². The van der Waals surface area contributed by atoms with Crippen LogP contribution in [0.1, 0.15) is 31.2 Å². The highest BCUT2D eigenvalue weighted by molar-refractivity contribution is 7.91. The Morgan fingerprint density at radius 2 is 1.82 bits per heavy atom. The van der Waals surface area contributed by atoms with Gasteiger partial charge in [-0.15, -0.1) is 0 Å². The van der Waals surface area contributed by atoms with Crippen LogP contribution in [0.4, 0.5) is 0 Å². The average Bonchev–Trinajstić information content (AvgIpc) is 2.70. The van der Waals surface area contributed by atoms with Crippen molar-refractivity contribution in [3.8, 4) is 0 Å². The van der Waals surface area contributed by atoms with Crippen LogP contribution >= 0.6 is 11.6 Å². The number of benzene rings is 1. The van der Waals surface area contributed by atoms with Gasteiger partial charge >= 0.3 is 0 Å². The monoisotopic (exact) mass is 341 g/mol. The lowest BCUT2D eigenvalue weighted by Crippen LogP contribution is -2.50. The molecule has 22 heavy (non-hydrogen) atoms. The first-order valence-electron chi connectivity index (χ1n) is 7.59. The van der Waals surface area contributed by atoms with Crippen molar-refractivity contribution < 1.29 is 13.2 Å². The summed E-state index contributed by atoms with van der Waals surface area (Å²) >= 11 is 6.13. The van der Waals surface area contributed by atoms with Crippen molar-refractivity contribution in [1.29, 1.82) is 0 Å². The molecule has 2 aliphatic heterocycles. The van der Waals surface area contributed by atoms with E-state index in [9.17, 15) is 13.2 Å². The summed E-state index contributed by atoms with van der Waals surface area (Å²) in [7, 11) is -3.03. The van der Waals surface area contributed by atoms with Gasteiger partial charge in [-0.2, -0.15) is 0 Å². The Kier molecular flexibility index (Phi) is 4.21. The zero-order chi connectivity index (χ0) is 15.9. The fraction of sp³-hybridized carbons (Fsp3) is 0.562. The molecular weight excluding hydrogens is 322 g/mol. The summed E-state index contributed by atoms with van der Waals surface area (Å²) in [6, 6.07) is 7.50. The molecule has 1 amide bonds. The maximum Gasteiger partial charge on any atom is 0.227 e. The van der Waals surface area contributed by atoms with Crippen molar-refractivity contribution in [3.63, 3.8) is 0 Å². The van der Waals surface area contributed by atoms with E-state index >= 15 is 0 Å². The minimum Gasteiger partial charge on any atom is -0.336 e. The summed E-state index contributed by atoms with van der Waals surface area (Å²) in [6.07, 6.45) is 4.55. The highest BCUT2D eigenvalue weighted by Gasteiger charge is 2.45. The molecule has 2 fully saturated rings. The van der Waals surface area contributed by atoms with E-state index < -0.39 is 9.84 Å². The van der Waals surface area contributed by atoms with Crippen molar-refractivity contribution in [1.82, 2.24) is 4.90 Å². The molecule has 1 aromatic rings. The molecule has 2 bridgehead atoms. The van der Waals surface area contributed by atoms with Crippen LogP contribution in [0.3, 0.4) is 0 Å². The van der Waals surface area contributed by atoms with Crippen LogP contribution in [0.2, 0.25) is 5.02 Å². The van der Waals surface area contributed by atoms with Gasteiger partial charge in [-0.05, 0) is 37.3 Å². The third-order valence-corrected chi connectivity index (χ3v) is 6.85. The number of fused-ring (bicyclic) bond motifs is 2. The van der Waals surface area contributed by atoms with Gasteiger partial charge in [-0.25, -0.2) is 8.42 Å². The largest absolute Gasteiger partial charge is 0.336 e. The molecule has 2 aliphatic rings. The zero-order valence-electron chi connectivity index (χ0n) is 12.5. The smallest absolute Gasteiger partial charge is 0.227 e. The van der Waals surface area contributed by atoms with Crippen molar-refractivity contribution in [2.24, 2.45) is 0 Å². The quantitative estimate of drug-likeness (QED) is 0.848. The standard InChI is InChI=1S/C16H20ClNO3S/c1-22(20,21)14-9-12-6-7-13(10-14)18(12)16(19)8-11-4-2-3-5-15(11)17/h2-5,12-14H,6-10H2,1H3. The molecule has 4 nitrogen and oxygen atoms in total. The molecule has 120 valence electrons. The molecule has 0 spiro atoms. The molecule has 0 saturated carbocycles. The summed E-state index contributed by atoms with van der Waals surface area (Å²) in [5.41, 5.74) is 0.832. The van der Waals surface area contributed by atoms with E-state index in [-0.39, 0.29) is 29.7 Å². The number of nitrogens with zero attached hydrogens (tertiary/aromatic N) is 1. The molecule has 2 atom stereocenters. The summed E-state index contributed by atoms with van der Waals surface area (Å²) in [4.78, 5) is 14.6. The van der Waals surface area contributed by atoms with Gasteiger partial charge in [0.05, 0.1) is 11.7 Å². The van der Waals surface area contributed by atoms with E-state index in [0.29, 0.717) is 17.9 Å². The van der Waals surface area contributed by atoms with Crippen LogP contribution in [-0.4, -0.2) is 42.8 Å². The second-order valence-corrected chi connectivity index (χ2v) is 9.11. The van der Waals surface area contributed by atoms with E-state index in [1.54, 1.807) is 6.07 Å². The Morgan fingerprint density at radius 3 is 2.36 bits per heavy atom. The minimum absolute atomic E-state index is 0.0625. The van der Waals surface area contributed by atoms with E-state index in [2.05, 4.69) is 0 Å². The van der Waals surface area contributed by atoms with Crippen LogP contribution in [0, 0.1) is 0 Å². The number of rotatable bonds is 3. The fourth-order valence-electron chi connectivity index (χ4n) is 3.78. The normalized spacial score (nSPS) is 27.9. The number of amides is 1. The highest BCUT2D eigenvalue weighted by Crippen LogP contribution is 2.38. The van der Waals surface area contributed by atoms with Gasteiger partial charge in [0.2, 0.25) is 5.91 Å². The number of sulfone groups is 1. The Morgan fingerprint density at radius 1 is 1.23 bits per heavy atom. The van der Waals surface area contributed by atoms with Gasteiger partial charge in [-0.1, -0.05) is 29.8 Å². The number of carbonyl (C=O) groups excluding carboxylic acids is 1. The van der Waals surface area contributed by atoms with Gasteiger partial charge in [0.15, 0.2) is 0 Å². The Bertz CT molecular complexity index is 674. The average molecular weight is 342 g/mol. The van der Waals surface area contributed by atoms with Gasteiger partial charge in [0.25, 0.3) is 0 Å². The predicted molar refractivity (Wildman–Crippen MR) is 86.7 cm³/mol. The van der Waals surface area contributed by atoms with E-state index in [4.69, 9.17) is 11.6 Å². The lowest BCUT2D eigenvalue weighted by atomic mass is 10.0. The van der Waals surface area contributed by atoms with Crippen molar-refractivity contribution in [2.45, 2.75) is 49.4 Å². The Hall–Kier alpha value is -1.07. The van der Waals surface area contributed by atoms with Crippen molar-refractivity contribution in [2.75, 3.05) is 6.26 Å². The lowest BCUT2D eigenvalue weighted by molar-refractivity contribution is -0.134. The predicted octanol–water partition coefficient (Wildman–Crippen LogP) is 2.45. The van der Waals surface area contributed by atoms with Crippen LogP contribution < -0.4 is 0 Å². The molecule has 0 aliphatic carbocycles. The first kappa shape index (κ1) is 15.8. The lowest BCUT2D eigenvalue weighted by Gasteiger charge is -2.38. The first-order valence-corrected chi connectivity index (χ1v) is 9.93. The Labute approximate surface area is 136 Å². The highest BCUT2D eigenvalue weighted by atomic mass is 35.5. The van der Waals surface area contributed by atoms with Gasteiger partial charge in [0.1, 0.15) is 9.84 Å².